The molecule has 1 aliphatic rings. The first-order chi connectivity index (χ1) is 15.6. The lowest BCUT2D eigenvalue weighted by Gasteiger charge is -2.25. The van der Waals surface area contributed by atoms with Gasteiger partial charge in [-0.05, 0) is 48.7 Å². The molecule has 0 spiro atoms. The number of ether oxygens (including phenoxy) is 1. The van der Waals surface area contributed by atoms with Gasteiger partial charge in [-0.15, -0.1) is 0 Å². The normalized spacial score (nSPS) is 17.5. The molecule has 0 aliphatic carbocycles. The Kier molecular flexibility index (Phi) is 6.31. The monoisotopic (exact) mass is 428 g/mol. The summed E-state index contributed by atoms with van der Waals surface area (Å²) in [7, 11) is 0. The molecule has 4 rings (SSSR count). The molecule has 2 aromatic carbocycles. The number of aliphatic hydroxyl groups is 1. The number of hydrogen-bond acceptors (Lipinski definition) is 5. The number of carbonyl (C=O) groups is 2. The second-order valence-electron chi connectivity index (χ2n) is 7.47. The number of aromatic nitrogens is 1. The number of rotatable bonds is 7. The van der Waals surface area contributed by atoms with Gasteiger partial charge in [0, 0.05) is 24.5 Å². The van der Waals surface area contributed by atoms with Gasteiger partial charge in [0.05, 0.1) is 18.2 Å². The summed E-state index contributed by atoms with van der Waals surface area (Å²) < 4.78 is 5.63. The van der Waals surface area contributed by atoms with E-state index in [9.17, 15) is 14.7 Å². The van der Waals surface area contributed by atoms with Crippen LogP contribution in [0.4, 0.5) is 0 Å². The van der Waals surface area contributed by atoms with E-state index in [0.717, 1.165) is 5.56 Å². The van der Waals surface area contributed by atoms with Crippen LogP contribution in [-0.4, -0.2) is 39.8 Å². The molecule has 1 aromatic heterocycles. The predicted molar refractivity (Wildman–Crippen MR) is 121 cm³/mol. The molecular weight excluding hydrogens is 404 g/mol. The number of carbonyl (C=O) groups excluding carboxylic acids is 2. The summed E-state index contributed by atoms with van der Waals surface area (Å²) in [5.74, 6) is -0.884. The van der Waals surface area contributed by atoms with Crippen molar-refractivity contribution in [2.45, 2.75) is 19.4 Å². The first-order valence-corrected chi connectivity index (χ1v) is 10.6. The summed E-state index contributed by atoms with van der Waals surface area (Å²) in [5, 5.41) is 11.0. The van der Waals surface area contributed by atoms with E-state index in [1.54, 1.807) is 12.1 Å². The zero-order chi connectivity index (χ0) is 22.5. The molecule has 1 aliphatic heterocycles. The Labute approximate surface area is 186 Å². The summed E-state index contributed by atoms with van der Waals surface area (Å²) >= 11 is 0. The Morgan fingerprint density at radius 1 is 1.03 bits per heavy atom. The summed E-state index contributed by atoms with van der Waals surface area (Å²) in [4.78, 5) is 31.6. The molecule has 1 saturated heterocycles. The first kappa shape index (κ1) is 21.3. The zero-order valence-electron chi connectivity index (χ0n) is 17.8. The number of ketones is 1. The van der Waals surface area contributed by atoms with Crippen LogP contribution in [0.25, 0.3) is 5.76 Å². The third-order valence-electron chi connectivity index (χ3n) is 5.46. The zero-order valence-corrected chi connectivity index (χ0v) is 17.8. The Morgan fingerprint density at radius 3 is 2.50 bits per heavy atom. The van der Waals surface area contributed by atoms with Crippen molar-refractivity contribution < 1.29 is 19.4 Å². The molecule has 162 valence electrons. The molecule has 0 bridgehead atoms. The van der Waals surface area contributed by atoms with Gasteiger partial charge in [-0.1, -0.05) is 42.5 Å². The topological polar surface area (TPSA) is 79.7 Å². The highest BCUT2D eigenvalue weighted by molar-refractivity contribution is 6.46. The second-order valence-corrected chi connectivity index (χ2v) is 7.47. The Balaban J connectivity index is 1.79. The van der Waals surface area contributed by atoms with Crippen LogP contribution in [0.2, 0.25) is 0 Å². The fourth-order valence-electron chi connectivity index (χ4n) is 3.96. The maximum atomic E-state index is 13.1. The van der Waals surface area contributed by atoms with Crippen LogP contribution >= 0.6 is 0 Å². The third kappa shape index (κ3) is 4.25. The molecule has 32 heavy (non-hydrogen) atoms. The molecule has 0 radical (unpaired) electrons. The maximum absolute atomic E-state index is 13.1. The minimum Gasteiger partial charge on any atom is -0.507 e. The molecule has 6 nitrogen and oxygen atoms in total. The number of amides is 1. The molecule has 6 heteroatoms. The highest BCUT2D eigenvalue weighted by Crippen LogP contribution is 2.40. The van der Waals surface area contributed by atoms with Gasteiger partial charge in [-0.25, -0.2) is 0 Å². The molecule has 0 saturated carbocycles. The van der Waals surface area contributed by atoms with Crippen molar-refractivity contribution in [1.29, 1.82) is 0 Å². The van der Waals surface area contributed by atoms with E-state index in [2.05, 4.69) is 4.98 Å². The Morgan fingerprint density at radius 2 is 1.78 bits per heavy atom. The smallest absolute Gasteiger partial charge is 0.295 e. The lowest BCUT2D eigenvalue weighted by Crippen LogP contribution is -2.31. The van der Waals surface area contributed by atoms with Crippen molar-refractivity contribution in [1.82, 2.24) is 9.88 Å². The van der Waals surface area contributed by atoms with E-state index in [0.29, 0.717) is 36.4 Å². The highest BCUT2D eigenvalue weighted by Gasteiger charge is 2.45. The van der Waals surface area contributed by atoms with Crippen LogP contribution < -0.4 is 4.74 Å². The van der Waals surface area contributed by atoms with Gasteiger partial charge in [0.1, 0.15) is 11.5 Å². The number of benzene rings is 2. The van der Waals surface area contributed by atoms with E-state index in [-0.39, 0.29) is 11.3 Å². The molecule has 1 fully saturated rings. The van der Waals surface area contributed by atoms with Crippen LogP contribution in [0.5, 0.6) is 5.75 Å². The van der Waals surface area contributed by atoms with Gasteiger partial charge in [-0.3, -0.25) is 14.6 Å². The van der Waals surface area contributed by atoms with Crippen LogP contribution in [-0.2, 0) is 16.0 Å². The van der Waals surface area contributed by atoms with Gasteiger partial charge >= 0.3 is 0 Å². The minimum atomic E-state index is -0.715. The number of Topliss-reactive ketones (excluding diaryl/α,β-unsaturated/α-hetero) is 1. The lowest BCUT2D eigenvalue weighted by atomic mass is 9.95. The van der Waals surface area contributed by atoms with Crippen molar-refractivity contribution in [3.05, 3.63) is 101 Å². The Hall–Kier alpha value is -3.93. The fraction of sp³-hybridized carbons (Fsp3) is 0.192. The van der Waals surface area contributed by atoms with Crippen LogP contribution in [0.3, 0.4) is 0 Å². The van der Waals surface area contributed by atoms with Crippen LogP contribution in [0.1, 0.15) is 29.7 Å². The van der Waals surface area contributed by atoms with Gasteiger partial charge in [0.25, 0.3) is 11.7 Å². The molecule has 3 aromatic rings. The summed E-state index contributed by atoms with van der Waals surface area (Å²) in [5.41, 5.74) is 2.28. The average molecular weight is 428 g/mol. The predicted octanol–water partition coefficient (Wildman–Crippen LogP) is 4.14. The number of hydrogen-bond donors (Lipinski definition) is 1. The third-order valence-corrected chi connectivity index (χ3v) is 5.46. The molecule has 2 heterocycles. The standard InChI is InChI=1S/C26H24N2O4/c1-2-32-21-10-6-9-20(17-21)23-22(24(29)19-11-14-27-15-12-19)25(30)26(31)28(23)16-13-18-7-4-3-5-8-18/h3-12,14-15,17,23,29H,2,13,16H2,1H3. The fourth-order valence-corrected chi connectivity index (χ4v) is 3.96. The van der Waals surface area contributed by atoms with Gasteiger partial charge in [0.15, 0.2) is 0 Å². The summed E-state index contributed by atoms with van der Waals surface area (Å²) in [6, 6.07) is 19.6. The quantitative estimate of drug-likeness (QED) is 0.348. The van der Waals surface area contributed by atoms with E-state index in [1.807, 2.05) is 61.5 Å². The van der Waals surface area contributed by atoms with Crippen LogP contribution in [0, 0.1) is 0 Å². The lowest BCUT2D eigenvalue weighted by molar-refractivity contribution is -0.139. The minimum absolute atomic E-state index is 0.0721. The highest BCUT2D eigenvalue weighted by atomic mass is 16.5. The number of nitrogens with zero attached hydrogens (tertiary/aromatic N) is 2. The van der Waals surface area contributed by atoms with E-state index < -0.39 is 17.7 Å². The molecule has 1 unspecified atom stereocenters. The number of pyridine rings is 1. The maximum Gasteiger partial charge on any atom is 0.295 e. The van der Waals surface area contributed by atoms with Gasteiger partial charge < -0.3 is 14.7 Å². The van der Waals surface area contributed by atoms with Gasteiger partial charge in [0.2, 0.25) is 0 Å². The molecule has 1 atom stereocenters. The molecule has 1 N–H and O–H groups in total. The summed E-state index contributed by atoms with van der Waals surface area (Å²) in [6.45, 7) is 2.72. The SMILES string of the molecule is CCOc1cccc(C2C(=C(O)c3ccncc3)C(=O)C(=O)N2CCc2ccccc2)c1. The molecular formula is C26H24N2O4. The van der Waals surface area contributed by atoms with E-state index in [1.165, 1.54) is 17.3 Å². The number of aliphatic hydroxyl groups excluding tert-OH is 1. The van der Waals surface area contributed by atoms with E-state index in [4.69, 9.17) is 4.74 Å². The van der Waals surface area contributed by atoms with Crippen molar-refractivity contribution in [3.63, 3.8) is 0 Å². The van der Waals surface area contributed by atoms with E-state index >= 15 is 0 Å². The number of likely N-dealkylation sites (tertiary alicyclic amines) is 1. The Bertz CT molecular complexity index is 1140. The van der Waals surface area contributed by atoms with Crippen molar-refractivity contribution in [2.75, 3.05) is 13.2 Å². The average Bonchev–Trinajstić information content (AvgIpc) is 3.09. The summed E-state index contributed by atoms with van der Waals surface area (Å²) in [6.07, 6.45) is 3.65. The molecule has 1 amide bonds. The van der Waals surface area contributed by atoms with Gasteiger partial charge in [-0.2, -0.15) is 0 Å². The van der Waals surface area contributed by atoms with Crippen molar-refractivity contribution >= 4 is 17.4 Å². The van der Waals surface area contributed by atoms with Crippen LogP contribution in [0.15, 0.2) is 84.7 Å². The first-order valence-electron chi connectivity index (χ1n) is 10.6. The van der Waals surface area contributed by atoms with Crippen molar-refractivity contribution in [3.8, 4) is 5.75 Å². The largest absolute Gasteiger partial charge is 0.507 e. The van der Waals surface area contributed by atoms with Crippen molar-refractivity contribution in [2.24, 2.45) is 0 Å². The second kappa shape index (κ2) is 9.47.